The van der Waals surface area contributed by atoms with Crippen LogP contribution in [-0.2, 0) is 0 Å². The van der Waals surface area contributed by atoms with Crippen molar-refractivity contribution < 1.29 is 0 Å². The van der Waals surface area contributed by atoms with Crippen molar-refractivity contribution in [3.05, 3.63) is 10.8 Å². The van der Waals surface area contributed by atoms with E-state index in [4.69, 9.17) is 0 Å². The molecule has 0 aliphatic rings. The molecule has 0 N–H and O–H groups in total. The molecule has 2 heteroatoms. The molecule has 90 valence electrons. The van der Waals surface area contributed by atoms with Crippen LogP contribution in [0, 0.1) is 0 Å². The molecule has 0 bridgehead atoms. The Labute approximate surface area is 99.4 Å². The summed E-state index contributed by atoms with van der Waals surface area (Å²) in [6.45, 7) is 19.4. The van der Waals surface area contributed by atoms with Gasteiger partial charge in [0, 0.05) is 27.9 Å². The van der Waals surface area contributed by atoms with Gasteiger partial charge in [-0.3, -0.25) is 4.90 Å². The highest BCUT2D eigenvalue weighted by molar-refractivity contribution is 6.21. The van der Waals surface area contributed by atoms with Crippen molar-refractivity contribution in [3.63, 3.8) is 0 Å². The highest BCUT2D eigenvalue weighted by Gasteiger charge is 2.31. The van der Waals surface area contributed by atoms with Gasteiger partial charge < -0.3 is 0 Å². The van der Waals surface area contributed by atoms with Gasteiger partial charge in [-0.1, -0.05) is 10.8 Å². The van der Waals surface area contributed by atoms with Gasteiger partial charge in [-0.2, -0.15) is 0 Å². The number of hydrogen-bond acceptors (Lipinski definition) is 1. The van der Waals surface area contributed by atoms with Crippen LogP contribution in [0.25, 0.3) is 0 Å². The summed E-state index contributed by atoms with van der Waals surface area (Å²) in [5.41, 5.74) is 2.01. The lowest BCUT2D eigenvalue weighted by Crippen LogP contribution is -2.53. The molecule has 0 aliphatic carbocycles. The maximum absolute atomic E-state index is 2.58. The Hall–Kier alpha value is -0.0831. The molecule has 15 heavy (non-hydrogen) atoms. The van der Waals surface area contributed by atoms with Crippen molar-refractivity contribution in [3.8, 4) is 0 Å². The smallest absolute Gasteiger partial charge is 0.0329 e. The average molecular weight is 227 g/mol. The summed E-state index contributed by atoms with van der Waals surface area (Å²) in [4.78, 5) is 2.58. The Kier molecular flexibility index (Phi) is 4.81. The van der Waals surface area contributed by atoms with Crippen LogP contribution in [0.15, 0.2) is 10.8 Å². The third-order valence-electron chi connectivity index (χ3n) is 2.87. The minimum Gasteiger partial charge on any atom is -0.290 e. The molecule has 0 aromatic rings. The fourth-order valence-electron chi connectivity index (χ4n) is 1.88. The maximum Gasteiger partial charge on any atom is 0.0329 e. The fraction of sp³-hybridized carbons (Fsp3) is 0.846. The topological polar surface area (TPSA) is 3.24 Å². The van der Waals surface area contributed by atoms with Crippen LogP contribution < -0.4 is 0 Å². The van der Waals surface area contributed by atoms with E-state index >= 15 is 0 Å². The van der Waals surface area contributed by atoms with E-state index in [1.165, 1.54) is 10.2 Å². The van der Waals surface area contributed by atoms with Gasteiger partial charge in [0.05, 0.1) is 0 Å². The number of allylic oxidation sites excluding steroid dienone is 1. The van der Waals surface area contributed by atoms with Gasteiger partial charge in [-0.15, -0.1) is 0 Å². The Bertz CT molecular complexity index is 222. The van der Waals surface area contributed by atoms with Crippen molar-refractivity contribution in [1.82, 2.24) is 4.90 Å². The molecule has 0 saturated heterocycles. The van der Waals surface area contributed by atoms with Crippen LogP contribution in [0.2, 0.25) is 0 Å². The third-order valence-corrected chi connectivity index (χ3v) is 3.72. The summed E-state index contributed by atoms with van der Waals surface area (Å²) >= 11 is 0. The molecule has 0 radical (unpaired) electrons. The normalized spacial score (nSPS) is 15.8. The molecule has 0 spiro atoms. The van der Waals surface area contributed by atoms with E-state index in [-0.39, 0.29) is 11.1 Å². The second kappa shape index (κ2) is 4.83. The molecule has 0 heterocycles. The van der Waals surface area contributed by atoms with Crippen molar-refractivity contribution in [2.24, 2.45) is 0 Å². The van der Waals surface area contributed by atoms with Crippen molar-refractivity contribution in [2.45, 2.75) is 66.5 Å². The zero-order chi connectivity index (χ0) is 12.4. The molecule has 0 amide bonds. The van der Waals surface area contributed by atoms with Crippen molar-refractivity contribution in [2.75, 3.05) is 6.54 Å². The molecule has 0 aromatic heterocycles. The molecule has 0 saturated carbocycles. The Balaban J connectivity index is 4.94. The first-order valence-corrected chi connectivity index (χ1v) is 6.87. The van der Waals surface area contributed by atoms with Crippen molar-refractivity contribution in [1.29, 1.82) is 0 Å². The van der Waals surface area contributed by atoms with Gasteiger partial charge in [0.15, 0.2) is 0 Å². The fourth-order valence-corrected chi connectivity index (χ4v) is 2.03. The van der Waals surface area contributed by atoms with Crippen LogP contribution in [0.3, 0.4) is 0 Å². The van der Waals surface area contributed by atoms with Gasteiger partial charge >= 0.3 is 0 Å². The molecule has 1 nitrogen and oxygen atoms in total. The van der Waals surface area contributed by atoms with Crippen molar-refractivity contribution >= 4 is 10.2 Å². The van der Waals surface area contributed by atoms with E-state index in [0.29, 0.717) is 0 Å². The van der Waals surface area contributed by atoms with Crippen LogP contribution >= 0.6 is 0 Å². The lowest BCUT2D eigenvalue weighted by atomic mass is 9.95. The Morgan fingerprint density at radius 3 is 1.47 bits per heavy atom. The van der Waals surface area contributed by atoms with Gasteiger partial charge in [0.2, 0.25) is 0 Å². The highest BCUT2D eigenvalue weighted by Crippen LogP contribution is 2.26. The van der Waals surface area contributed by atoms with Crippen LogP contribution in [0.4, 0.5) is 0 Å². The number of rotatable bonds is 2. The van der Waals surface area contributed by atoms with E-state index in [2.05, 4.69) is 60.3 Å². The van der Waals surface area contributed by atoms with E-state index < -0.39 is 0 Å². The van der Waals surface area contributed by atoms with Gasteiger partial charge in [-0.25, -0.2) is 0 Å². The Morgan fingerprint density at radius 2 is 1.27 bits per heavy atom. The van der Waals surface area contributed by atoms with E-state index in [0.717, 1.165) is 6.54 Å². The molecule has 0 aromatic carbocycles. The standard InChI is InChI=1S/C13H29NSi/c1-10(11(2)15)9-14(12(3,4)5)13(6,7)8/h9H2,1-8,15H3. The lowest BCUT2D eigenvalue weighted by Gasteiger charge is -2.46. The Morgan fingerprint density at radius 1 is 0.933 bits per heavy atom. The molecule has 0 atom stereocenters. The first-order valence-electron chi connectivity index (χ1n) is 5.87. The predicted octanol–water partition coefficient (Wildman–Crippen LogP) is 2.54. The highest BCUT2D eigenvalue weighted by atomic mass is 28.1. The third kappa shape index (κ3) is 4.98. The summed E-state index contributed by atoms with van der Waals surface area (Å²) in [6.07, 6.45) is 0. The van der Waals surface area contributed by atoms with Gasteiger partial charge in [-0.05, 0) is 55.4 Å². The monoisotopic (exact) mass is 227 g/mol. The lowest BCUT2D eigenvalue weighted by molar-refractivity contribution is 0.0489. The van der Waals surface area contributed by atoms with Crippen LogP contribution in [-0.4, -0.2) is 32.8 Å². The minimum absolute atomic E-state index is 0.233. The zero-order valence-corrected chi connectivity index (χ0v) is 14.2. The molecule has 0 rings (SSSR count). The number of hydrogen-bond donors (Lipinski definition) is 0. The summed E-state index contributed by atoms with van der Waals surface area (Å²) < 4.78 is 0. The van der Waals surface area contributed by atoms with E-state index in [9.17, 15) is 0 Å². The second-order valence-corrected chi connectivity index (χ2v) is 8.21. The summed E-state index contributed by atoms with van der Waals surface area (Å²) in [5, 5.41) is 1.58. The summed E-state index contributed by atoms with van der Waals surface area (Å²) in [5.74, 6) is 0. The maximum atomic E-state index is 2.58. The van der Waals surface area contributed by atoms with Crippen LogP contribution in [0.5, 0.6) is 0 Å². The van der Waals surface area contributed by atoms with Crippen LogP contribution in [0.1, 0.15) is 55.4 Å². The zero-order valence-electron chi connectivity index (χ0n) is 12.2. The molecule has 0 aliphatic heterocycles. The first kappa shape index (κ1) is 14.9. The van der Waals surface area contributed by atoms with Gasteiger partial charge in [0.25, 0.3) is 0 Å². The SMILES string of the molecule is CC([SiH3])=C(C)CN(C(C)(C)C)C(C)(C)C. The predicted molar refractivity (Wildman–Crippen MR) is 74.5 cm³/mol. The first-order chi connectivity index (χ1) is 6.46. The minimum atomic E-state index is 0.233. The van der Waals surface area contributed by atoms with Gasteiger partial charge in [0.1, 0.15) is 0 Å². The summed E-state index contributed by atoms with van der Waals surface area (Å²) in [7, 11) is 1.18. The molecule has 0 unspecified atom stereocenters. The largest absolute Gasteiger partial charge is 0.290 e. The summed E-state index contributed by atoms with van der Waals surface area (Å²) in [6, 6.07) is 0. The molecular formula is C13H29NSi. The second-order valence-electron chi connectivity index (χ2n) is 6.71. The van der Waals surface area contributed by atoms with E-state index in [1.807, 2.05) is 0 Å². The molecule has 0 fully saturated rings. The quantitative estimate of drug-likeness (QED) is 0.655. The molecular weight excluding hydrogens is 198 g/mol. The van der Waals surface area contributed by atoms with E-state index in [1.54, 1.807) is 10.8 Å². The number of nitrogens with zero attached hydrogens (tertiary/aromatic N) is 1. The average Bonchev–Trinajstić information content (AvgIpc) is 1.94.